The molecule has 0 saturated carbocycles. The van der Waals surface area contributed by atoms with Gasteiger partial charge in [-0.1, -0.05) is 0 Å². The molecule has 3 heterocycles. The van der Waals surface area contributed by atoms with E-state index in [1.54, 1.807) is 41.2 Å². The zero-order valence-electron chi connectivity index (χ0n) is 11.8. The van der Waals surface area contributed by atoms with E-state index in [-0.39, 0.29) is 0 Å². The Hall–Kier alpha value is -1.18. The standard InChI is InChI=1S/C13H17N3O2S2/c1-9-13(10(2)15(3)14-9)20(17,18)16-6-4-12-11(8-16)5-7-19-12/h5,7H,4,6,8H2,1-3H3. The van der Waals surface area contributed by atoms with E-state index in [2.05, 4.69) is 5.10 Å². The molecule has 0 bridgehead atoms. The van der Waals surface area contributed by atoms with Crippen LogP contribution in [-0.4, -0.2) is 29.0 Å². The van der Waals surface area contributed by atoms with E-state index in [0.717, 1.165) is 12.0 Å². The normalized spacial score (nSPS) is 16.4. The number of fused-ring (bicyclic) bond motifs is 1. The Balaban J connectivity index is 2.01. The van der Waals surface area contributed by atoms with Crippen LogP contribution in [0.25, 0.3) is 0 Å². The number of sulfonamides is 1. The molecule has 0 aromatic carbocycles. The third-order valence-electron chi connectivity index (χ3n) is 3.81. The first kappa shape index (κ1) is 13.8. The van der Waals surface area contributed by atoms with Gasteiger partial charge in [-0.05, 0) is 37.3 Å². The molecule has 7 heteroatoms. The van der Waals surface area contributed by atoms with Crippen LogP contribution in [0, 0.1) is 13.8 Å². The van der Waals surface area contributed by atoms with Crippen LogP contribution in [-0.2, 0) is 30.0 Å². The summed E-state index contributed by atoms with van der Waals surface area (Å²) in [5, 5.41) is 6.25. The summed E-state index contributed by atoms with van der Waals surface area (Å²) in [5.41, 5.74) is 2.39. The predicted molar refractivity (Wildman–Crippen MR) is 78.3 cm³/mol. The van der Waals surface area contributed by atoms with Crippen LogP contribution in [0.2, 0.25) is 0 Å². The van der Waals surface area contributed by atoms with Gasteiger partial charge in [-0.25, -0.2) is 8.42 Å². The zero-order chi connectivity index (χ0) is 14.5. The summed E-state index contributed by atoms with van der Waals surface area (Å²) >= 11 is 1.71. The van der Waals surface area contributed by atoms with E-state index in [4.69, 9.17) is 0 Å². The first-order chi connectivity index (χ1) is 9.41. The maximum Gasteiger partial charge on any atom is 0.247 e. The number of hydrogen-bond acceptors (Lipinski definition) is 4. The third kappa shape index (κ3) is 2.01. The highest BCUT2D eigenvalue weighted by Gasteiger charge is 2.33. The molecule has 2 aromatic heterocycles. The van der Waals surface area contributed by atoms with Gasteiger partial charge in [0.1, 0.15) is 4.90 Å². The number of hydrogen-bond donors (Lipinski definition) is 0. The minimum atomic E-state index is -3.47. The average molecular weight is 311 g/mol. The molecule has 0 N–H and O–H groups in total. The molecule has 1 aliphatic rings. The van der Waals surface area contributed by atoms with E-state index in [1.165, 1.54) is 4.88 Å². The van der Waals surface area contributed by atoms with E-state index in [1.807, 2.05) is 11.4 Å². The summed E-state index contributed by atoms with van der Waals surface area (Å²) in [7, 11) is -1.70. The Bertz CT molecular complexity index is 759. The van der Waals surface area contributed by atoms with E-state index >= 15 is 0 Å². The zero-order valence-corrected chi connectivity index (χ0v) is 13.4. The molecule has 0 amide bonds. The Morgan fingerprint density at radius 3 is 2.75 bits per heavy atom. The minimum absolute atomic E-state index is 0.360. The van der Waals surface area contributed by atoms with Gasteiger partial charge in [0.05, 0.1) is 11.4 Å². The van der Waals surface area contributed by atoms with Crippen molar-refractivity contribution in [2.75, 3.05) is 6.54 Å². The molecule has 108 valence electrons. The van der Waals surface area contributed by atoms with Crippen molar-refractivity contribution in [1.82, 2.24) is 14.1 Å². The highest BCUT2D eigenvalue weighted by Crippen LogP contribution is 2.30. The second kappa shape index (κ2) is 4.68. The minimum Gasteiger partial charge on any atom is -0.271 e. The van der Waals surface area contributed by atoms with Crippen molar-refractivity contribution in [3.63, 3.8) is 0 Å². The number of aryl methyl sites for hydroxylation is 2. The van der Waals surface area contributed by atoms with Crippen molar-refractivity contribution < 1.29 is 8.42 Å². The van der Waals surface area contributed by atoms with Crippen molar-refractivity contribution in [3.05, 3.63) is 33.3 Å². The summed E-state index contributed by atoms with van der Waals surface area (Å²) < 4.78 is 28.9. The number of nitrogens with zero attached hydrogens (tertiary/aromatic N) is 3. The topological polar surface area (TPSA) is 55.2 Å². The molecule has 5 nitrogen and oxygen atoms in total. The first-order valence-corrected chi connectivity index (χ1v) is 8.79. The highest BCUT2D eigenvalue weighted by molar-refractivity contribution is 7.89. The maximum absolute atomic E-state index is 12.8. The van der Waals surface area contributed by atoms with E-state index < -0.39 is 10.0 Å². The van der Waals surface area contributed by atoms with Crippen molar-refractivity contribution in [1.29, 1.82) is 0 Å². The van der Waals surface area contributed by atoms with Gasteiger partial charge in [-0.3, -0.25) is 4.68 Å². The molecule has 0 spiro atoms. The molecule has 0 atom stereocenters. The maximum atomic E-state index is 12.8. The Kier molecular flexibility index (Phi) is 3.23. The quantitative estimate of drug-likeness (QED) is 0.850. The summed E-state index contributed by atoms with van der Waals surface area (Å²) in [5.74, 6) is 0. The van der Waals surface area contributed by atoms with E-state index in [0.29, 0.717) is 29.4 Å². The molecule has 2 aromatic rings. The van der Waals surface area contributed by atoms with Crippen LogP contribution in [0.4, 0.5) is 0 Å². The summed E-state index contributed by atoms with van der Waals surface area (Å²) in [6, 6.07) is 2.02. The summed E-state index contributed by atoms with van der Waals surface area (Å²) in [4.78, 5) is 1.66. The molecule has 0 saturated heterocycles. The van der Waals surface area contributed by atoms with Crippen LogP contribution in [0.5, 0.6) is 0 Å². The largest absolute Gasteiger partial charge is 0.271 e. The number of aromatic nitrogens is 2. The molecular formula is C13H17N3O2S2. The molecule has 0 aliphatic carbocycles. The molecular weight excluding hydrogens is 294 g/mol. The predicted octanol–water partition coefficient (Wildman–Crippen LogP) is 1.85. The van der Waals surface area contributed by atoms with Crippen molar-refractivity contribution >= 4 is 21.4 Å². The lowest BCUT2D eigenvalue weighted by Gasteiger charge is -2.26. The Morgan fingerprint density at radius 1 is 1.35 bits per heavy atom. The van der Waals surface area contributed by atoms with Crippen LogP contribution in [0.1, 0.15) is 21.8 Å². The summed E-state index contributed by atoms with van der Waals surface area (Å²) in [6.45, 7) is 4.56. The average Bonchev–Trinajstić information content (AvgIpc) is 2.94. The first-order valence-electron chi connectivity index (χ1n) is 6.47. The lowest BCUT2D eigenvalue weighted by molar-refractivity contribution is 0.393. The van der Waals surface area contributed by atoms with Crippen molar-refractivity contribution in [2.45, 2.75) is 31.7 Å². The van der Waals surface area contributed by atoms with Gasteiger partial charge in [0.2, 0.25) is 10.0 Å². The van der Waals surface area contributed by atoms with E-state index in [9.17, 15) is 8.42 Å². The highest BCUT2D eigenvalue weighted by atomic mass is 32.2. The Labute approximate surface area is 122 Å². The molecule has 0 radical (unpaired) electrons. The molecule has 0 unspecified atom stereocenters. The second-order valence-corrected chi connectivity index (χ2v) is 7.96. The van der Waals surface area contributed by atoms with Gasteiger partial charge >= 0.3 is 0 Å². The smallest absolute Gasteiger partial charge is 0.247 e. The van der Waals surface area contributed by atoms with Gasteiger partial charge in [0, 0.05) is 25.0 Å². The van der Waals surface area contributed by atoms with Crippen LogP contribution < -0.4 is 0 Å². The Morgan fingerprint density at radius 2 is 2.10 bits per heavy atom. The van der Waals surface area contributed by atoms with Gasteiger partial charge in [-0.15, -0.1) is 11.3 Å². The molecule has 0 fully saturated rings. The van der Waals surface area contributed by atoms with Gasteiger partial charge in [-0.2, -0.15) is 9.40 Å². The SMILES string of the molecule is Cc1nn(C)c(C)c1S(=O)(=O)N1CCc2sccc2C1. The number of thiophene rings is 1. The van der Waals surface area contributed by atoms with Crippen LogP contribution in [0.15, 0.2) is 16.3 Å². The van der Waals surface area contributed by atoms with Crippen LogP contribution in [0.3, 0.4) is 0 Å². The third-order valence-corrected chi connectivity index (χ3v) is 6.93. The molecule has 20 heavy (non-hydrogen) atoms. The number of rotatable bonds is 2. The van der Waals surface area contributed by atoms with Crippen molar-refractivity contribution in [3.8, 4) is 0 Å². The lowest BCUT2D eigenvalue weighted by atomic mass is 10.1. The fourth-order valence-electron chi connectivity index (χ4n) is 2.68. The fraction of sp³-hybridized carbons (Fsp3) is 0.462. The van der Waals surface area contributed by atoms with Gasteiger partial charge < -0.3 is 0 Å². The molecule has 1 aliphatic heterocycles. The lowest BCUT2D eigenvalue weighted by Crippen LogP contribution is -2.35. The summed E-state index contributed by atoms with van der Waals surface area (Å²) in [6.07, 6.45) is 0.796. The van der Waals surface area contributed by atoms with Gasteiger partial charge in [0.25, 0.3) is 0 Å². The molecule has 3 rings (SSSR count). The monoisotopic (exact) mass is 311 g/mol. The van der Waals surface area contributed by atoms with Gasteiger partial charge in [0.15, 0.2) is 0 Å². The van der Waals surface area contributed by atoms with Crippen molar-refractivity contribution in [2.24, 2.45) is 7.05 Å². The van der Waals surface area contributed by atoms with Crippen LogP contribution >= 0.6 is 11.3 Å². The second-order valence-electron chi connectivity index (χ2n) is 5.08. The fourth-order valence-corrected chi connectivity index (χ4v) is 5.39.